The zero-order valence-electron chi connectivity index (χ0n) is 11.2. The molecule has 0 spiro atoms. The summed E-state index contributed by atoms with van der Waals surface area (Å²) < 4.78 is 5.00. The Morgan fingerprint density at radius 3 is 2.55 bits per heavy atom. The van der Waals surface area contributed by atoms with Crippen LogP contribution in [-0.2, 0) is 16.1 Å². The Bertz CT molecular complexity index is 521. The number of amides is 1. The monoisotopic (exact) mass is 275 g/mol. The van der Waals surface area contributed by atoms with Crippen molar-refractivity contribution in [1.82, 2.24) is 5.32 Å². The van der Waals surface area contributed by atoms with Gasteiger partial charge in [-0.2, -0.15) is 0 Å². The lowest BCUT2D eigenvalue weighted by Gasteiger charge is -2.12. The molecule has 20 heavy (non-hydrogen) atoms. The van der Waals surface area contributed by atoms with Gasteiger partial charge in [-0.25, -0.2) is 0 Å². The molecule has 5 heteroatoms. The summed E-state index contributed by atoms with van der Waals surface area (Å²) in [5, 5.41) is 11.7. The average molecular weight is 275 g/mol. The fraction of sp³-hybridized carbons (Fsp3) is 0.333. The van der Waals surface area contributed by atoms with E-state index in [0.717, 1.165) is 5.56 Å². The number of carbonyl (C=O) groups excluding carboxylic acids is 1. The predicted octanol–water partition coefficient (Wildman–Crippen LogP) is 1.59. The number of benzene rings is 1. The normalized spacial score (nSPS) is 20.9. The second-order valence-corrected chi connectivity index (χ2v) is 4.78. The molecule has 106 valence electrons. The Kier molecular flexibility index (Phi) is 4.53. The summed E-state index contributed by atoms with van der Waals surface area (Å²) in [7, 11) is 1.62. The Balaban J connectivity index is 1.92. The lowest BCUT2D eigenvalue weighted by molar-refractivity contribution is -0.140. The first-order valence-electron chi connectivity index (χ1n) is 6.40. The molecule has 1 aromatic rings. The number of rotatable bonds is 5. The number of carboxylic acid groups (broad SMARTS) is 1. The Morgan fingerprint density at radius 1 is 1.30 bits per heavy atom. The first-order chi connectivity index (χ1) is 9.60. The summed E-state index contributed by atoms with van der Waals surface area (Å²) in [5.41, 5.74) is 1.55. The third kappa shape index (κ3) is 3.45. The van der Waals surface area contributed by atoms with Gasteiger partial charge in [0.2, 0.25) is 0 Å². The molecule has 0 fully saturated rings. The van der Waals surface area contributed by atoms with Crippen LogP contribution in [0.1, 0.15) is 22.3 Å². The van der Waals surface area contributed by atoms with Gasteiger partial charge in [0.05, 0.1) is 12.5 Å². The highest BCUT2D eigenvalue weighted by Crippen LogP contribution is 2.18. The number of aliphatic carboxylic acids is 1. The molecule has 2 unspecified atom stereocenters. The van der Waals surface area contributed by atoms with E-state index in [4.69, 9.17) is 9.84 Å². The summed E-state index contributed by atoms with van der Waals surface area (Å²) in [6, 6.07) is 6.92. The maximum Gasteiger partial charge on any atom is 0.310 e. The van der Waals surface area contributed by atoms with Crippen LogP contribution in [0.2, 0.25) is 0 Å². The van der Waals surface area contributed by atoms with Gasteiger partial charge in [-0.05, 0) is 24.1 Å². The smallest absolute Gasteiger partial charge is 0.310 e. The number of hydrogen-bond donors (Lipinski definition) is 2. The molecule has 1 aliphatic carbocycles. The first kappa shape index (κ1) is 14.3. The van der Waals surface area contributed by atoms with Crippen molar-refractivity contribution < 1.29 is 19.4 Å². The minimum atomic E-state index is -0.859. The van der Waals surface area contributed by atoms with Crippen molar-refractivity contribution in [2.24, 2.45) is 5.92 Å². The van der Waals surface area contributed by atoms with Crippen molar-refractivity contribution >= 4 is 11.9 Å². The van der Waals surface area contributed by atoms with Crippen molar-refractivity contribution in [2.45, 2.75) is 19.1 Å². The molecular formula is C15H17NO4. The van der Waals surface area contributed by atoms with Gasteiger partial charge in [0.1, 0.15) is 0 Å². The zero-order valence-corrected chi connectivity index (χ0v) is 11.2. The Labute approximate surface area is 117 Å². The molecule has 1 aromatic carbocycles. The maximum atomic E-state index is 12.0. The van der Waals surface area contributed by atoms with E-state index in [1.165, 1.54) is 0 Å². The van der Waals surface area contributed by atoms with Crippen molar-refractivity contribution in [3.63, 3.8) is 0 Å². The standard InChI is InChI=1S/C15H17NO4/c1-20-9-10-2-4-11(5-3-10)14(17)16-13-7-6-12(8-13)15(18)19/h2-7,12-13H,8-9H2,1H3,(H,16,17)(H,18,19). The summed E-state index contributed by atoms with van der Waals surface area (Å²) in [5.74, 6) is -1.57. The summed E-state index contributed by atoms with van der Waals surface area (Å²) in [6.45, 7) is 0.507. The van der Waals surface area contributed by atoms with E-state index in [1.807, 2.05) is 12.1 Å². The topological polar surface area (TPSA) is 75.6 Å². The first-order valence-corrected chi connectivity index (χ1v) is 6.40. The van der Waals surface area contributed by atoms with Crippen LogP contribution in [0.15, 0.2) is 36.4 Å². The highest BCUT2D eigenvalue weighted by Gasteiger charge is 2.25. The molecule has 1 aliphatic rings. The van der Waals surface area contributed by atoms with E-state index in [0.29, 0.717) is 18.6 Å². The van der Waals surface area contributed by atoms with Crippen molar-refractivity contribution in [1.29, 1.82) is 0 Å². The van der Waals surface area contributed by atoms with Crippen LogP contribution < -0.4 is 5.32 Å². The van der Waals surface area contributed by atoms with Crippen LogP contribution >= 0.6 is 0 Å². The molecule has 0 aliphatic heterocycles. The van der Waals surface area contributed by atoms with Gasteiger partial charge in [-0.15, -0.1) is 0 Å². The molecule has 0 saturated carbocycles. The van der Waals surface area contributed by atoms with E-state index < -0.39 is 11.9 Å². The molecule has 2 N–H and O–H groups in total. The zero-order chi connectivity index (χ0) is 14.5. The highest BCUT2D eigenvalue weighted by atomic mass is 16.5. The summed E-state index contributed by atoms with van der Waals surface area (Å²) in [6.07, 6.45) is 3.76. The van der Waals surface area contributed by atoms with Crippen LogP contribution in [0.25, 0.3) is 0 Å². The lowest BCUT2D eigenvalue weighted by atomic mass is 10.1. The van der Waals surface area contributed by atoms with Crippen LogP contribution in [0, 0.1) is 5.92 Å². The van der Waals surface area contributed by atoms with Crippen LogP contribution in [0.3, 0.4) is 0 Å². The number of hydrogen-bond acceptors (Lipinski definition) is 3. The quantitative estimate of drug-likeness (QED) is 0.800. The largest absolute Gasteiger partial charge is 0.481 e. The van der Waals surface area contributed by atoms with E-state index in [-0.39, 0.29) is 11.9 Å². The Hall–Kier alpha value is -2.14. The van der Waals surface area contributed by atoms with Gasteiger partial charge in [0, 0.05) is 18.7 Å². The molecule has 5 nitrogen and oxygen atoms in total. The van der Waals surface area contributed by atoms with E-state index in [9.17, 15) is 9.59 Å². The Morgan fingerprint density at radius 2 is 2.00 bits per heavy atom. The van der Waals surface area contributed by atoms with Crippen molar-refractivity contribution in [3.05, 3.63) is 47.5 Å². The summed E-state index contributed by atoms with van der Waals surface area (Å²) >= 11 is 0. The molecule has 0 bridgehead atoms. The second-order valence-electron chi connectivity index (χ2n) is 4.78. The van der Waals surface area contributed by atoms with Gasteiger partial charge in [0.25, 0.3) is 5.91 Å². The third-order valence-corrected chi connectivity index (χ3v) is 3.24. The molecule has 0 saturated heterocycles. The number of carboxylic acids is 1. The number of methoxy groups -OCH3 is 1. The van der Waals surface area contributed by atoms with Crippen molar-refractivity contribution in [3.8, 4) is 0 Å². The lowest BCUT2D eigenvalue weighted by Crippen LogP contribution is -2.33. The molecule has 0 heterocycles. The molecule has 2 rings (SSSR count). The van der Waals surface area contributed by atoms with Crippen LogP contribution in [-0.4, -0.2) is 30.1 Å². The number of nitrogens with one attached hydrogen (secondary N) is 1. The van der Waals surface area contributed by atoms with Crippen LogP contribution in [0.4, 0.5) is 0 Å². The molecular weight excluding hydrogens is 258 g/mol. The fourth-order valence-electron chi connectivity index (χ4n) is 2.16. The highest BCUT2D eigenvalue weighted by molar-refractivity contribution is 5.94. The molecule has 1 amide bonds. The SMILES string of the molecule is COCc1ccc(C(=O)NC2C=CC(C(=O)O)C2)cc1. The average Bonchev–Trinajstić information content (AvgIpc) is 2.88. The third-order valence-electron chi connectivity index (χ3n) is 3.24. The summed E-state index contributed by atoms with van der Waals surface area (Å²) in [4.78, 5) is 22.8. The van der Waals surface area contributed by atoms with Crippen molar-refractivity contribution in [2.75, 3.05) is 7.11 Å². The maximum absolute atomic E-state index is 12.0. The van der Waals surface area contributed by atoms with Gasteiger partial charge in [0.15, 0.2) is 0 Å². The molecule has 0 radical (unpaired) electrons. The van der Waals surface area contributed by atoms with Gasteiger partial charge >= 0.3 is 5.97 Å². The van der Waals surface area contributed by atoms with E-state index in [2.05, 4.69) is 5.32 Å². The van der Waals surface area contributed by atoms with Gasteiger partial charge in [-0.1, -0.05) is 24.3 Å². The predicted molar refractivity (Wildman–Crippen MR) is 73.3 cm³/mol. The molecule has 0 aromatic heterocycles. The molecule has 2 atom stereocenters. The minimum absolute atomic E-state index is 0.199. The van der Waals surface area contributed by atoms with Gasteiger partial charge < -0.3 is 15.2 Å². The number of ether oxygens (including phenoxy) is 1. The number of carbonyl (C=O) groups is 2. The minimum Gasteiger partial charge on any atom is -0.481 e. The second kappa shape index (κ2) is 6.34. The van der Waals surface area contributed by atoms with E-state index in [1.54, 1.807) is 31.4 Å². The van der Waals surface area contributed by atoms with E-state index >= 15 is 0 Å². The van der Waals surface area contributed by atoms with Crippen LogP contribution in [0.5, 0.6) is 0 Å². The fourth-order valence-corrected chi connectivity index (χ4v) is 2.16. The van der Waals surface area contributed by atoms with Gasteiger partial charge in [-0.3, -0.25) is 9.59 Å².